The summed E-state index contributed by atoms with van der Waals surface area (Å²) >= 11 is 0. The number of rotatable bonds is 3. The van der Waals surface area contributed by atoms with Crippen LogP contribution in [0.25, 0.3) is 55.8 Å². The van der Waals surface area contributed by atoms with E-state index in [1.807, 2.05) is 42.5 Å². The van der Waals surface area contributed by atoms with Crippen molar-refractivity contribution in [1.29, 1.82) is 0 Å². The van der Waals surface area contributed by atoms with Crippen LogP contribution in [0.15, 0.2) is 79.3 Å². The van der Waals surface area contributed by atoms with Crippen LogP contribution in [0.5, 0.6) is 0 Å². The van der Waals surface area contributed by atoms with E-state index in [4.69, 9.17) is 0 Å². The van der Waals surface area contributed by atoms with E-state index in [1.54, 1.807) is 24.7 Å². The zero-order valence-corrected chi connectivity index (χ0v) is 16.2. The molecule has 6 aromatic rings. The van der Waals surface area contributed by atoms with Crippen molar-refractivity contribution in [1.82, 2.24) is 30.1 Å². The van der Waals surface area contributed by atoms with Gasteiger partial charge in [0.1, 0.15) is 11.5 Å². The third-order valence-electron chi connectivity index (χ3n) is 5.28. The second kappa shape index (κ2) is 6.84. The normalized spacial score (nSPS) is 11.4. The van der Waals surface area contributed by atoms with Crippen LogP contribution in [-0.2, 0) is 0 Å². The Kier molecular flexibility index (Phi) is 3.86. The summed E-state index contributed by atoms with van der Waals surface area (Å²) in [6.45, 7) is 0. The Morgan fingerprint density at radius 1 is 0.710 bits per heavy atom. The van der Waals surface area contributed by atoms with Crippen molar-refractivity contribution in [3.8, 4) is 34.0 Å². The van der Waals surface area contributed by atoms with Gasteiger partial charge in [0.25, 0.3) is 0 Å². The molecule has 0 aliphatic heterocycles. The number of benzene rings is 1. The first-order valence-corrected chi connectivity index (χ1v) is 9.76. The van der Waals surface area contributed by atoms with Crippen molar-refractivity contribution >= 4 is 21.8 Å². The first-order chi connectivity index (χ1) is 15.3. The number of nitrogens with zero attached hydrogens (tertiary/aromatic N) is 4. The molecule has 1 aromatic carbocycles. The number of aromatic nitrogens is 6. The van der Waals surface area contributed by atoms with Gasteiger partial charge in [0, 0.05) is 34.2 Å². The van der Waals surface area contributed by atoms with Crippen molar-refractivity contribution in [2.45, 2.75) is 0 Å². The van der Waals surface area contributed by atoms with Crippen molar-refractivity contribution in [3.63, 3.8) is 0 Å². The van der Waals surface area contributed by atoms with Gasteiger partial charge in [0.15, 0.2) is 0 Å². The van der Waals surface area contributed by atoms with E-state index >= 15 is 0 Å². The third kappa shape index (κ3) is 2.95. The van der Waals surface area contributed by atoms with Crippen molar-refractivity contribution < 1.29 is 4.39 Å². The minimum absolute atomic E-state index is 0.292. The Hall–Kier alpha value is -4.39. The number of pyridine rings is 3. The molecule has 0 aliphatic rings. The lowest BCUT2D eigenvalue weighted by Gasteiger charge is -2.02. The van der Waals surface area contributed by atoms with Gasteiger partial charge in [-0.2, -0.15) is 5.10 Å². The summed E-state index contributed by atoms with van der Waals surface area (Å²) in [5.41, 5.74) is 6.36. The number of halogens is 1. The van der Waals surface area contributed by atoms with Crippen LogP contribution in [0.3, 0.4) is 0 Å². The average molecular weight is 406 g/mol. The average Bonchev–Trinajstić information content (AvgIpc) is 3.43. The van der Waals surface area contributed by atoms with Crippen LogP contribution < -0.4 is 0 Å². The molecule has 0 unspecified atom stereocenters. The highest BCUT2D eigenvalue weighted by Crippen LogP contribution is 2.33. The van der Waals surface area contributed by atoms with Crippen LogP contribution >= 0.6 is 0 Å². The lowest BCUT2D eigenvalue weighted by atomic mass is 10.1. The summed E-state index contributed by atoms with van der Waals surface area (Å²) in [4.78, 5) is 16.8. The smallest absolute Gasteiger partial charge is 0.123 e. The Morgan fingerprint density at radius 2 is 1.65 bits per heavy atom. The van der Waals surface area contributed by atoms with Gasteiger partial charge in [0.2, 0.25) is 0 Å². The van der Waals surface area contributed by atoms with E-state index in [9.17, 15) is 4.39 Å². The second-order valence-corrected chi connectivity index (χ2v) is 7.22. The van der Waals surface area contributed by atoms with E-state index in [0.29, 0.717) is 0 Å². The van der Waals surface area contributed by atoms with Crippen LogP contribution in [0, 0.1) is 5.82 Å². The first-order valence-electron chi connectivity index (χ1n) is 9.76. The Morgan fingerprint density at radius 3 is 2.52 bits per heavy atom. The molecule has 5 heterocycles. The van der Waals surface area contributed by atoms with Gasteiger partial charge >= 0.3 is 0 Å². The zero-order chi connectivity index (χ0) is 20.8. The van der Waals surface area contributed by atoms with Gasteiger partial charge in [-0.05, 0) is 42.5 Å². The summed E-state index contributed by atoms with van der Waals surface area (Å²) < 4.78 is 13.8. The monoisotopic (exact) mass is 406 g/mol. The van der Waals surface area contributed by atoms with Crippen LogP contribution in [0.4, 0.5) is 4.39 Å². The molecule has 2 N–H and O–H groups in total. The fourth-order valence-corrected chi connectivity index (χ4v) is 3.82. The highest BCUT2D eigenvalue weighted by Gasteiger charge is 2.15. The van der Waals surface area contributed by atoms with E-state index in [-0.39, 0.29) is 5.82 Å². The molecule has 0 atom stereocenters. The third-order valence-corrected chi connectivity index (χ3v) is 5.28. The van der Waals surface area contributed by atoms with Crippen LogP contribution in [0.2, 0.25) is 0 Å². The van der Waals surface area contributed by atoms with Crippen molar-refractivity contribution in [2.24, 2.45) is 0 Å². The molecule has 7 heteroatoms. The van der Waals surface area contributed by atoms with E-state index in [1.165, 1.54) is 12.1 Å². The van der Waals surface area contributed by atoms with E-state index < -0.39 is 0 Å². The standard InChI is InChI=1S/C24H15FN6/c25-15-5-3-4-14(10-15)23-16-12-21(29-18(16)7-9-27-23)24-17-11-20(19-6-1-2-8-26-19)28-13-22(17)30-31-24/h1-13,29H,(H,30,31). The number of fused-ring (bicyclic) bond motifs is 2. The minimum atomic E-state index is -0.292. The molecule has 0 bridgehead atoms. The van der Waals surface area contributed by atoms with Crippen LogP contribution in [0.1, 0.15) is 0 Å². The predicted octanol–water partition coefficient (Wildman–Crippen LogP) is 5.37. The number of hydrogen-bond acceptors (Lipinski definition) is 4. The molecule has 148 valence electrons. The summed E-state index contributed by atoms with van der Waals surface area (Å²) in [5.74, 6) is -0.292. The van der Waals surface area contributed by atoms with Gasteiger partial charge in [0.05, 0.1) is 34.5 Å². The van der Waals surface area contributed by atoms with Gasteiger partial charge < -0.3 is 4.98 Å². The number of H-pyrrole nitrogens is 2. The lowest BCUT2D eigenvalue weighted by Crippen LogP contribution is -1.86. The Balaban J connectivity index is 1.52. The van der Waals surface area contributed by atoms with E-state index in [2.05, 4.69) is 30.1 Å². The van der Waals surface area contributed by atoms with Gasteiger partial charge in [-0.15, -0.1) is 0 Å². The fraction of sp³-hybridized carbons (Fsp3) is 0. The topological polar surface area (TPSA) is 83.1 Å². The number of nitrogens with one attached hydrogen (secondary N) is 2. The second-order valence-electron chi connectivity index (χ2n) is 7.22. The number of aromatic amines is 2. The molecule has 6 nitrogen and oxygen atoms in total. The minimum Gasteiger partial charge on any atom is -0.353 e. The summed E-state index contributed by atoms with van der Waals surface area (Å²) in [5, 5.41) is 9.39. The maximum absolute atomic E-state index is 13.8. The summed E-state index contributed by atoms with van der Waals surface area (Å²) in [6.07, 6.45) is 5.23. The maximum atomic E-state index is 13.8. The quantitative estimate of drug-likeness (QED) is 0.414. The molecule has 0 amide bonds. The molecule has 0 spiro atoms. The van der Waals surface area contributed by atoms with Gasteiger partial charge in [-0.1, -0.05) is 18.2 Å². The van der Waals surface area contributed by atoms with Crippen molar-refractivity contribution in [3.05, 3.63) is 85.1 Å². The first kappa shape index (κ1) is 17.5. The van der Waals surface area contributed by atoms with E-state index in [0.717, 1.165) is 55.8 Å². The van der Waals surface area contributed by atoms with Crippen LogP contribution in [-0.4, -0.2) is 30.1 Å². The maximum Gasteiger partial charge on any atom is 0.123 e. The fourth-order valence-electron chi connectivity index (χ4n) is 3.82. The molecule has 5 aromatic heterocycles. The highest BCUT2D eigenvalue weighted by atomic mass is 19.1. The lowest BCUT2D eigenvalue weighted by molar-refractivity contribution is 0.628. The predicted molar refractivity (Wildman–Crippen MR) is 118 cm³/mol. The molecule has 31 heavy (non-hydrogen) atoms. The Labute approximate surface area is 175 Å². The molecule has 6 rings (SSSR count). The largest absolute Gasteiger partial charge is 0.353 e. The summed E-state index contributed by atoms with van der Waals surface area (Å²) in [6, 6.07) is 18.1. The summed E-state index contributed by atoms with van der Waals surface area (Å²) in [7, 11) is 0. The molecule has 0 fully saturated rings. The highest BCUT2D eigenvalue weighted by molar-refractivity contribution is 6.00. The Bertz CT molecular complexity index is 1550. The number of hydrogen-bond donors (Lipinski definition) is 2. The van der Waals surface area contributed by atoms with Gasteiger partial charge in [-0.3, -0.25) is 20.1 Å². The molecule has 0 aliphatic carbocycles. The molecular weight excluding hydrogens is 391 g/mol. The van der Waals surface area contributed by atoms with Crippen molar-refractivity contribution in [2.75, 3.05) is 0 Å². The SMILES string of the molecule is Fc1cccc(-c2nccc3[nH]c(-c4n[nH]c5cnc(-c6ccccn6)cc45)cc23)c1. The molecular formula is C24H15FN6. The molecule has 0 saturated heterocycles. The molecule has 0 saturated carbocycles. The van der Waals surface area contributed by atoms with Gasteiger partial charge in [-0.25, -0.2) is 4.39 Å². The molecule has 0 radical (unpaired) electrons. The zero-order valence-electron chi connectivity index (χ0n) is 16.2.